The average Bonchev–Trinajstić information content (AvgIpc) is 3.09. The van der Waals surface area contributed by atoms with Crippen LogP contribution in [0.4, 0.5) is 10.3 Å². The number of nitrogens with zero attached hydrogens (tertiary/aromatic N) is 3. The number of nitrogens with one attached hydrogen (secondary N) is 2. The molecule has 1 amide bonds. The average molecular weight is 381 g/mol. The van der Waals surface area contributed by atoms with Gasteiger partial charge < -0.3 is 0 Å². The van der Waals surface area contributed by atoms with Crippen molar-refractivity contribution in [1.82, 2.24) is 15.2 Å². The first-order chi connectivity index (χ1) is 11.4. The highest BCUT2D eigenvalue weighted by molar-refractivity contribution is 7.92. The summed E-state index contributed by atoms with van der Waals surface area (Å²) in [4.78, 5) is 16.3. The molecule has 2 heterocycles. The topological polar surface area (TPSA) is 114 Å². The Balaban J connectivity index is 1.65. The molecular formula is C13H11N5O3S3. The number of fused-ring (bicyclic) bond motifs is 1. The molecule has 0 aliphatic rings. The van der Waals surface area contributed by atoms with Crippen molar-refractivity contribution in [2.45, 2.75) is 0 Å². The summed E-state index contributed by atoms with van der Waals surface area (Å²) in [6.07, 6.45) is 3.95. The van der Waals surface area contributed by atoms with Gasteiger partial charge in [0, 0.05) is 6.08 Å². The van der Waals surface area contributed by atoms with Crippen LogP contribution in [0.25, 0.3) is 16.3 Å². The maximum atomic E-state index is 11.9. The quantitative estimate of drug-likeness (QED) is 0.655. The van der Waals surface area contributed by atoms with Crippen LogP contribution in [0, 0.1) is 0 Å². The first-order valence-electron chi connectivity index (χ1n) is 6.55. The van der Waals surface area contributed by atoms with Gasteiger partial charge in [0.15, 0.2) is 0 Å². The van der Waals surface area contributed by atoms with Crippen LogP contribution in [0.3, 0.4) is 0 Å². The number of aromatic nitrogens is 3. The summed E-state index contributed by atoms with van der Waals surface area (Å²) in [6, 6.07) is 7.70. The summed E-state index contributed by atoms with van der Waals surface area (Å²) < 4.78 is 25.4. The van der Waals surface area contributed by atoms with E-state index in [-0.39, 0.29) is 10.3 Å². The van der Waals surface area contributed by atoms with E-state index in [9.17, 15) is 13.2 Å². The predicted molar refractivity (Wildman–Crippen MR) is 95.7 cm³/mol. The third-order valence-corrected chi connectivity index (χ3v) is 5.06. The van der Waals surface area contributed by atoms with E-state index in [1.54, 1.807) is 6.08 Å². The summed E-state index contributed by atoms with van der Waals surface area (Å²) in [7, 11) is -3.43. The van der Waals surface area contributed by atoms with Gasteiger partial charge in [0.2, 0.25) is 26.2 Å². The number of para-hydroxylation sites is 1. The minimum absolute atomic E-state index is 0.0861. The highest BCUT2D eigenvalue weighted by Gasteiger charge is 2.10. The van der Waals surface area contributed by atoms with Gasteiger partial charge in [0.1, 0.15) is 5.01 Å². The largest absolute Gasteiger partial charge is 0.297 e. The third-order valence-electron chi connectivity index (χ3n) is 2.62. The first-order valence-corrected chi connectivity index (χ1v) is 10.1. The van der Waals surface area contributed by atoms with Gasteiger partial charge in [-0.1, -0.05) is 23.5 Å². The Bertz CT molecular complexity index is 989. The second kappa shape index (κ2) is 6.63. The lowest BCUT2D eigenvalue weighted by atomic mass is 10.3. The molecule has 1 aromatic carbocycles. The Morgan fingerprint density at radius 3 is 2.67 bits per heavy atom. The minimum Gasteiger partial charge on any atom is -0.297 e. The zero-order chi connectivity index (χ0) is 17.2. The fraction of sp³-hybridized carbons (Fsp3) is 0.0769. The second-order valence-corrected chi connectivity index (χ2v) is 8.42. The van der Waals surface area contributed by atoms with Crippen LogP contribution >= 0.6 is 22.7 Å². The predicted octanol–water partition coefficient (Wildman–Crippen LogP) is 2.17. The van der Waals surface area contributed by atoms with Crippen LogP contribution in [-0.2, 0) is 14.8 Å². The SMILES string of the molecule is CS(=O)(=O)Nc1nnc(NC(=O)/C=C/c2nc3ccccc3s2)s1. The van der Waals surface area contributed by atoms with Gasteiger partial charge in [-0.05, 0) is 18.2 Å². The van der Waals surface area contributed by atoms with Crippen LogP contribution in [0.2, 0.25) is 0 Å². The number of hydrogen-bond acceptors (Lipinski definition) is 8. The summed E-state index contributed by atoms with van der Waals surface area (Å²) in [5.74, 6) is -0.406. The number of carbonyl (C=O) groups is 1. The lowest BCUT2D eigenvalue weighted by Gasteiger charge is -1.95. The highest BCUT2D eigenvalue weighted by atomic mass is 32.2. The highest BCUT2D eigenvalue weighted by Crippen LogP contribution is 2.23. The molecule has 0 fully saturated rings. The van der Waals surface area contributed by atoms with Crippen LogP contribution in [0.1, 0.15) is 5.01 Å². The van der Waals surface area contributed by atoms with Gasteiger partial charge in [-0.3, -0.25) is 14.8 Å². The molecular weight excluding hydrogens is 370 g/mol. The van der Waals surface area contributed by atoms with E-state index in [1.807, 2.05) is 24.3 Å². The minimum atomic E-state index is -3.43. The van der Waals surface area contributed by atoms with Crippen molar-refractivity contribution in [3.05, 3.63) is 35.3 Å². The Morgan fingerprint density at radius 2 is 1.92 bits per heavy atom. The van der Waals surface area contributed by atoms with Gasteiger partial charge in [-0.2, -0.15) is 0 Å². The fourth-order valence-corrected chi connectivity index (χ4v) is 4.08. The number of carbonyl (C=O) groups excluding carboxylic acids is 1. The fourth-order valence-electron chi connectivity index (χ4n) is 1.73. The van der Waals surface area contributed by atoms with Crippen molar-refractivity contribution < 1.29 is 13.2 Å². The normalized spacial score (nSPS) is 11.9. The molecule has 2 aromatic heterocycles. The van der Waals surface area contributed by atoms with Crippen molar-refractivity contribution in [3.8, 4) is 0 Å². The number of sulfonamides is 1. The monoisotopic (exact) mass is 381 g/mol. The van der Waals surface area contributed by atoms with Crippen molar-refractivity contribution >= 4 is 65.2 Å². The van der Waals surface area contributed by atoms with Gasteiger partial charge in [-0.25, -0.2) is 13.4 Å². The molecule has 8 nitrogen and oxygen atoms in total. The zero-order valence-corrected chi connectivity index (χ0v) is 14.7. The van der Waals surface area contributed by atoms with E-state index in [4.69, 9.17) is 0 Å². The number of amides is 1. The number of rotatable bonds is 5. The Kier molecular flexibility index (Phi) is 4.55. The van der Waals surface area contributed by atoms with Crippen LogP contribution in [-0.4, -0.2) is 35.8 Å². The van der Waals surface area contributed by atoms with Gasteiger partial charge >= 0.3 is 0 Å². The van der Waals surface area contributed by atoms with Crippen molar-refractivity contribution in [1.29, 1.82) is 0 Å². The van der Waals surface area contributed by atoms with Crippen molar-refractivity contribution in [2.75, 3.05) is 16.3 Å². The van der Waals surface area contributed by atoms with Gasteiger partial charge in [0.25, 0.3) is 0 Å². The molecule has 3 aromatic rings. The lowest BCUT2D eigenvalue weighted by Crippen LogP contribution is -2.09. The molecule has 0 atom stereocenters. The number of hydrogen-bond donors (Lipinski definition) is 2. The van der Waals surface area contributed by atoms with Crippen LogP contribution in [0.15, 0.2) is 30.3 Å². The molecule has 3 rings (SSSR count). The van der Waals surface area contributed by atoms with E-state index in [0.29, 0.717) is 5.01 Å². The Labute approximate surface area is 145 Å². The van der Waals surface area contributed by atoms with E-state index >= 15 is 0 Å². The molecule has 0 radical (unpaired) electrons. The Hall–Kier alpha value is -2.37. The standard InChI is InChI=1S/C13H11N5O3S3/c1-24(20,21)18-13-17-16-12(23-13)15-10(19)6-7-11-14-8-4-2-3-5-9(8)22-11/h2-7H,1H3,(H,17,18)(H,15,16,19)/b7-6+. The zero-order valence-electron chi connectivity index (χ0n) is 12.3. The van der Waals surface area contributed by atoms with E-state index < -0.39 is 15.9 Å². The van der Waals surface area contributed by atoms with Crippen LogP contribution in [0.5, 0.6) is 0 Å². The summed E-state index contributed by atoms with van der Waals surface area (Å²) in [5.41, 5.74) is 0.878. The number of anilines is 2. The van der Waals surface area contributed by atoms with Gasteiger partial charge in [-0.15, -0.1) is 21.5 Å². The number of benzene rings is 1. The molecule has 0 unspecified atom stereocenters. The summed E-state index contributed by atoms with van der Waals surface area (Å²) in [6.45, 7) is 0. The molecule has 0 saturated carbocycles. The van der Waals surface area contributed by atoms with Crippen molar-refractivity contribution in [2.24, 2.45) is 0 Å². The maximum absolute atomic E-state index is 11.9. The molecule has 2 N–H and O–H groups in total. The van der Waals surface area contributed by atoms with Crippen molar-refractivity contribution in [3.63, 3.8) is 0 Å². The molecule has 124 valence electrons. The molecule has 0 aliphatic carbocycles. The summed E-state index contributed by atoms with van der Waals surface area (Å²) in [5, 5.41) is 10.8. The molecule has 11 heteroatoms. The number of thiazole rings is 1. The molecule has 24 heavy (non-hydrogen) atoms. The molecule has 0 spiro atoms. The van der Waals surface area contributed by atoms with E-state index in [0.717, 1.165) is 27.8 Å². The maximum Gasteiger partial charge on any atom is 0.250 e. The van der Waals surface area contributed by atoms with E-state index in [2.05, 4.69) is 25.2 Å². The molecule has 0 aliphatic heterocycles. The lowest BCUT2D eigenvalue weighted by molar-refractivity contribution is -0.111. The van der Waals surface area contributed by atoms with Gasteiger partial charge in [0.05, 0.1) is 16.5 Å². The van der Waals surface area contributed by atoms with E-state index in [1.165, 1.54) is 17.4 Å². The summed E-state index contributed by atoms with van der Waals surface area (Å²) >= 11 is 2.40. The molecule has 0 saturated heterocycles. The first kappa shape index (κ1) is 16.5. The Morgan fingerprint density at radius 1 is 1.17 bits per heavy atom. The smallest absolute Gasteiger partial charge is 0.250 e. The second-order valence-electron chi connectivity index (χ2n) is 4.63. The molecule has 0 bridgehead atoms. The third kappa shape index (κ3) is 4.34. The van der Waals surface area contributed by atoms with Crippen LogP contribution < -0.4 is 10.0 Å².